The van der Waals surface area contributed by atoms with Gasteiger partial charge in [-0.05, 0) is 63.0 Å². The number of benzene rings is 1. The first-order valence-electron chi connectivity index (χ1n) is 12.7. The highest BCUT2D eigenvalue weighted by atomic mass is 19.1. The van der Waals surface area contributed by atoms with Gasteiger partial charge in [0.05, 0.1) is 12.2 Å². The molecule has 2 aromatic heterocycles. The van der Waals surface area contributed by atoms with Crippen molar-refractivity contribution in [2.75, 3.05) is 56.1 Å². The first-order valence-corrected chi connectivity index (χ1v) is 12.7. The Hall–Kier alpha value is -3.20. The smallest absolute Gasteiger partial charge is 0.204 e. The first-order chi connectivity index (χ1) is 17.2. The molecule has 8 nitrogen and oxygen atoms in total. The third-order valence-electron chi connectivity index (χ3n) is 7.45. The van der Waals surface area contributed by atoms with E-state index in [1.165, 1.54) is 19.5 Å². The maximum absolute atomic E-state index is 13.9. The molecule has 5 heterocycles. The molecule has 0 aliphatic carbocycles. The summed E-state index contributed by atoms with van der Waals surface area (Å²) in [6, 6.07) is 5.28. The van der Waals surface area contributed by atoms with Crippen LogP contribution in [0.15, 0.2) is 30.7 Å². The number of imidazole rings is 1. The van der Waals surface area contributed by atoms with E-state index >= 15 is 0 Å². The van der Waals surface area contributed by atoms with Gasteiger partial charge in [0, 0.05) is 43.9 Å². The summed E-state index contributed by atoms with van der Waals surface area (Å²) in [4.78, 5) is 18.8. The molecule has 0 spiro atoms. The zero-order valence-corrected chi connectivity index (χ0v) is 20.2. The van der Waals surface area contributed by atoms with E-state index in [0.717, 1.165) is 80.0 Å². The number of rotatable bonds is 6. The van der Waals surface area contributed by atoms with Gasteiger partial charge < -0.3 is 24.4 Å². The molecule has 2 fully saturated rings. The Kier molecular flexibility index (Phi) is 6.01. The minimum atomic E-state index is -0.176. The summed E-state index contributed by atoms with van der Waals surface area (Å²) in [6.45, 7) is 9.33. The molecule has 9 heteroatoms. The predicted octanol–water partition coefficient (Wildman–Crippen LogP) is 3.68. The molecule has 35 heavy (non-hydrogen) atoms. The Morgan fingerprint density at radius 2 is 1.97 bits per heavy atom. The number of anilines is 2. The fourth-order valence-corrected chi connectivity index (χ4v) is 5.25. The second-order valence-electron chi connectivity index (χ2n) is 9.75. The van der Waals surface area contributed by atoms with Crippen LogP contribution in [-0.4, -0.2) is 70.3 Å². The fraction of sp³-hybridized carbons (Fsp3) is 0.500. The molecule has 3 aliphatic rings. The first kappa shape index (κ1) is 22.3. The number of piperidine rings is 1. The minimum absolute atomic E-state index is 0.176. The van der Waals surface area contributed by atoms with E-state index < -0.39 is 0 Å². The van der Waals surface area contributed by atoms with Crippen molar-refractivity contribution in [3.8, 4) is 17.0 Å². The van der Waals surface area contributed by atoms with E-state index in [-0.39, 0.29) is 5.82 Å². The number of hydrogen-bond donors (Lipinski definition) is 1. The zero-order chi connectivity index (χ0) is 23.8. The molecular formula is C26H32FN7O. The van der Waals surface area contributed by atoms with Crippen molar-refractivity contribution in [2.45, 2.75) is 38.6 Å². The molecule has 1 aromatic carbocycles. The lowest BCUT2D eigenvalue weighted by Crippen LogP contribution is -2.39. The second-order valence-corrected chi connectivity index (χ2v) is 9.75. The summed E-state index contributed by atoms with van der Waals surface area (Å²) in [5.41, 5.74) is 2.55. The number of nitrogens with one attached hydrogen (secondary N) is 1. The van der Waals surface area contributed by atoms with Crippen LogP contribution in [0.1, 0.15) is 36.6 Å². The van der Waals surface area contributed by atoms with Crippen LogP contribution < -0.4 is 15.0 Å². The maximum atomic E-state index is 13.9. The highest BCUT2D eigenvalue weighted by Gasteiger charge is 2.29. The third kappa shape index (κ3) is 4.45. The van der Waals surface area contributed by atoms with E-state index in [0.29, 0.717) is 18.1 Å². The van der Waals surface area contributed by atoms with Crippen LogP contribution in [0.2, 0.25) is 0 Å². The molecule has 0 atom stereocenters. The average molecular weight is 478 g/mol. The number of likely N-dealkylation sites (tertiary alicyclic amines) is 1. The Labute approximate surface area is 205 Å². The van der Waals surface area contributed by atoms with E-state index in [2.05, 4.69) is 35.8 Å². The van der Waals surface area contributed by atoms with Gasteiger partial charge in [-0.2, -0.15) is 0 Å². The monoisotopic (exact) mass is 477 g/mol. The molecule has 3 aliphatic heterocycles. The molecule has 0 saturated carbocycles. The quantitative estimate of drug-likeness (QED) is 0.581. The van der Waals surface area contributed by atoms with Gasteiger partial charge in [-0.1, -0.05) is 0 Å². The molecule has 0 bridgehead atoms. The van der Waals surface area contributed by atoms with Crippen molar-refractivity contribution in [3.63, 3.8) is 0 Å². The second kappa shape index (κ2) is 9.45. The molecular weight excluding hydrogens is 445 g/mol. The van der Waals surface area contributed by atoms with Crippen LogP contribution in [0.25, 0.3) is 11.3 Å². The normalized spacial score (nSPS) is 18.5. The van der Waals surface area contributed by atoms with Gasteiger partial charge in [0.1, 0.15) is 24.6 Å². The van der Waals surface area contributed by atoms with E-state index in [1.807, 2.05) is 12.1 Å². The number of ether oxygens (including phenoxy) is 1. The molecule has 0 amide bonds. The fourth-order valence-electron chi connectivity index (χ4n) is 5.25. The number of halogens is 1. The number of nitrogens with zero attached hydrogens (tertiary/aromatic N) is 6. The van der Waals surface area contributed by atoms with Crippen molar-refractivity contribution >= 4 is 11.6 Å². The molecule has 184 valence electrons. The topological polar surface area (TPSA) is 71.3 Å². The van der Waals surface area contributed by atoms with Gasteiger partial charge in [-0.15, -0.1) is 0 Å². The van der Waals surface area contributed by atoms with Crippen molar-refractivity contribution in [2.24, 2.45) is 0 Å². The van der Waals surface area contributed by atoms with Gasteiger partial charge in [0.25, 0.3) is 0 Å². The van der Waals surface area contributed by atoms with Crippen LogP contribution >= 0.6 is 0 Å². The molecule has 2 saturated heterocycles. The van der Waals surface area contributed by atoms with Crippen molar-refractivity contribution in [3.05, 3.63) is 47.9 Å². The average Bonchev–Trinajstić information content (AvgIpc) is 3.29. The summed E-state index contributed by atoms with van der Waals surface area (Å²) in [5.74, 6) is 3.76. The van der Waals surface area contributed by atoms with Crippen molar-refractivity contribution < 1.29 is 9.13 Å². The van der Waals surface area contributed by atoms with Gasteiger partial charge in [0.2, 0.25) is 5.75 Å². The van der Waals surface area contributed by atoms with Crippen LogP contribution in [-0.2, 0) is 6.54 Å². The Bertz CT molecular complexity index is 1200. The van der Waals surface area contributed by atoms with Crippen molar-refractivity contribution in [1.82, 2.24) is 24.4 Å². The van der Waals surface area contributed by atoms with Crippen molar-refractivity contribution in [1.29, 1.82) is 0 Å². The predicted molar refractivity (Wildman–Crippen MR) is 134 cm³/mol. The van der Waals surface area contributed by atoms with E-state index in [4.69, 9.17) is 9.72 Å². The lowest BCUT2D eigenvalue weighted by molar-refractivity contribution is 0.173. The summed E-state index contributed by atoms with van der Waals surface area (Å²) in [5, 5.41) is 3.30. The van der Waals surface area contributed by atoms with Gasteiger partial charge >= 0.3 is 0 Å². The lowest BCUT2D eigenvalue weighted by atomic mass is 9.95. The standard InChI is InChI=1S/C26H32FN7O/c1-18-15-20(3-4-21(18)27)22-16-34(13-12-32-8-2-9-32)25(31-22)19-5-10-33(11-6-19)26-23-24(29-17-30-26)28-7-14-35-23/h3-4,15-17,19H,2,5-14H2,1H3,(H,28,29,30). The SMILES string of the molecule is Cc1cc(-c2cn(CCN3CCC3)c(C3CCN(c4ncnc5c4OCCN5)CC3)n2)ccc1F. The Morgan fingerprint density at radius 3 is 2.74 bits per heavy atom. The van der Waals surface area contributed by atoms with Crippen LogP contribution in [0.3, 0.4) is 0 Å². The van der Waals surface area contributed by atoms with Gasteiger partial charge in [-0.3, -0.25) is 0 Å². The number of fused-ring (bicyclic) bond motifs is 1. The van der Waals surface area contributed by atoms with E-state index in [9.17, 15) is 4.39 Å². The maximum Gasteiger partial charge on any atom is 0.204 e. The lowest BCUT2D eigenvalue weighted by Gasteiger charge is -2.34. The number of aryl methyl sites for hydroxylation is 1. The van der Waals surface area contributed by atoms with Gasteiger partial charge in [0.15, 0.2) is 11.6 Å². The Morgan fingerprint density at radius 1 is 1.11 bits per heavy atom. The van der Waals surface area contributed by atoms with E-state index in [1.54, 1.807) is 19.3 Å². The van der Waals surface area contributed by atoms with Crippen LogP contribution in [0, 0.1) is 12.7 Å². The highest BCUT2D eigenvalue weighted by molar-refractivity contribution is 5.66. The molecule has 6 rings (SSSR count). The largest absolute Gasteiger partial charge is 0.485 e. The molecule has 0 radical (unpaired) electrons. The summed E-state index contributed by atoms with van der Waals surface area (Å²) < 4.78 is 22.1. The summed E-state index contributed by atoms with van der Waals surface area (Å²) in [7, 11) is 0. The van der Waals surface area contributed by atoms with Gasteiger partial charge in [-0.25, -0.2) is 19.3 Å². The number of aromatic nitrogens is 4. The third-order valence-corrected chi connectivity index (χ3v) is 7.45. The summed E-state index contributed by atoms with van der Waals surface area (Å²) in [6.07, 6.45) is 7.06. The highest BCUT2D eigenvalue weighted by Crippen LogP contribution is 2.38. The number of hydrogen-bond acceptors (Lipinski definition) is 7. The van der Waals surface area contributed by atoms with Crippen LogP contribution in [0.5, 0.6) is 5.75 Å². The molecule has 0 unspecified atom stereocenters. The Balaban J connectivity index is 1.22. The molecule has 1 N–H and O–H groups in total. The minimum Gasteiger partial charge on any atom is -0.485 e. The molecule has 3 aromatic rings. The van der Waals surface area contributed by atoms with Crippen LogP contribution in [0.4, 0.5) is 16.0 Å². The summed E-state index contributed by atoms with van der Waals surface area (Å²) >= 11 is 0. The zero-order valence-electron chi connectivity index (χ0n) is 20.2.